The first-order valence-electron chi connectivity index (χ1n) is 13.9. The standard InChI is InChI=1S/C30H34ClF2N5O5/c1-36-13-15-38(16-14-36)28(40)12-10-23(37(2)27(39)11-9-20-5-4-8-24(33)29(20)31)19-42-30(41)34-26-18-25(43-35-26)21-6-3-7-22(32)17-21/h3-8,17-18,23H,9-16,19H2,1-2H3,(H,34,35,41)/t23-/m0/s1. The first kappa shape index (κ1) is 31.9. The molecule has 1 aliphatic heterocycles. The van der Waals surface area contributed by atoms with Gasteiger partial charge in [-0.2, -0.15) is 0 Å². The Morgan fingerprint density at radius 3 is 2.58 bits per heavy atom. The zero-order valence-electron chi connectivity index (χ0n) is 24.0. The SMILES string of the molecule is CN1CCN(C(=O)CC[C@@H](COC(=O)Nc2cc(-c3cccc(F)c3)on2)N(C)C(=O)CCc2cccc(F)c2Cl)CC1. The highest BCUT2D eigenvalue weighted by Crippen LogP contribution is 2.24. The van der Waals surface area contributed by atoms with E-state index in [2.05, 4.69) is 15.4 Å². The summed E-state index contributed by atoms with van der Waals surface area (Å²) in [6, 6.07) is 11.0. The Balaban J connectivity index is 1.36. The highest BCUT2D eigenvalue weighted by molar-refractivity contribution is 6.31. The lowest BCUT2D eigenvalue weighted by Crippen LogP contribution is -2.47. The molecule has 1 atom stereocenters. The van der Waals surface area contributed by atoms with Crippen LogP contribution >= 0.6 is 11.6 Å². The molecule has 1 N–H and O–H groups in total. The number of hydrogen-bond donors (Lipinski definition) is 1. The number of nitrogens with one attached hydrogen (secondary N) is 1. The van der Waals surface area contributed by atoms with Gasteiger partial charge in [0.05, 0.1) is 11.1 Å². The van der Waals surface area contributed by atoms with E-state index in [-0.39, 0.29) is 60.7 Å². The molecular formula is C30H34ClF2N5O5. The molecule has 1 saturated heterocycles. The van der Waals surface area contributed by atoms with Crippen LogP contribution in [0.4, 0.5) is 19.4 Å². The third-order valence-corrected chi connectivity index (χ3v) is 7.81. The number of nitrogens with zero attached hydrogens (tertiary/aromatic N) is 4. The number of likely N-dealkylation sites (N-methyl/N-ethyl adjacent to an activating group) is 2. The molecule has 3 aromatic rings. The van der Waals surface area contributed by atoms with Gasteiger partial charge in [-0.25, -0.2) is 13.6 Å². The summed E-state index contributed by atoms with van der Waals surface area (Å²) < 4.78 is 38.0. The third-order valence-electron chi connectivity index (χ3n) is 7.38. The van der Waals surface area contributed by atoms with E-state index in [9.17, 15) is 23.2 Å². The Labute approximate surface area is 253 Å². The largest absolute Gasteiger partial charge is 0.447 e. The van der Waals surface area contributed by atoms with Crippen LogP contribution in [0.15, 0.2) is 53.1 Å². The van der Waals surface area contributed by atoms with Gasteiger partial charge in [0.15, 0.2) is 11.6 Å². The number of benzene rings is 2. The number of aromatic nitrogens is 1. The fourth-order valence-corrected chi connectivity index (χ4v) is 4.90. The fraction of sp³-hybridized carbons (Fsp3) is 0.400. The van der Waals surface area contributed by atoms with Gasteiger partial charge >= 0.3 is 6.09 Å². The number of hydrogen-bond acceptors (Lipinski definition) is 7. The molecule has 0 saturated carbocycles. The molecule has 43 heavy (non-hydrogen) atoms. The van der Waals surface area contributed by atoms with E-state index in [0.29, 0.717) is 24.2 Å². The van der Waals surface area contributed by atoms with Crippen LogP contribution in [0.1, 0.15) is 24.8 Å². The molecule has 0 aliphatic carbocycles. The van der Waals surface area contributed by atoms with Crippen molar-refractivity contribution in [2.75, 3.05) is 52.2 Å². The van der Waals surface area contributed by atoms with Crippen molar-refractivity contribution in [1.82, 2.24) is 19.9 Å². The summed E-state index contributed by atoms with van der Waals surface area (Å²) in [5, 5.41) is 6.20. The summed E-state index contributed by atoms with van der Waals surface area (Å²) in [5.41, 5.74) is 0.949. The number of anilines is 1. The van der Waals surface area contributed by atoms with Crippen molar-refractivity contribution < 1.29 is 32.4 Å². The first-order chi connectivity index (χ1) is 20.6. The van der Waals surface area contributed by atoms with Gasteiger partial charge in [0.1, 0.15) is 18.2 Å². The predicted molar refractivity (Wildman–Crippen MR) is 156 cm³/mol. The summed E-state index contributed by atoms with van der Waals surface area (Å²) >= 11 is 6.04. The Kier molecular flexibility index (Phi) is 11.1. The van der Waals surface area contributed by atoms with Gasteiger partial charge < -0.3 is 24.0 Å². The van der Waals surface area contributed by atoms with Gasteiger partial charge in [-0.1, -0.05) is 41.0 Å². The second-order valence-electron chi connectivity index (χ2n) is 10.4. The van der Waals surface area contributed by atoms with Crippen molar-refractivity contribution in [2.24, 2.45) is 0 Å². The molecular weight excluding hydrogens is 584 g/mol. The van der Waals surface area contributed by atoms with Crippen molar-refractivity contribution >= 4 is 35.3 Å². The van der Waals surface area contributed by atoms with Crippen LogP contribution in [0, 0.1) is 11.6 Å². The van der Waals surface area contributed by atoms with Crippen molar-refractivity contribution in [1.29, 1.82) is 0 Å². The molecule has 0 bridgehead atoms. The summed E-state index contributed by atoms with van der Waals surface area (Å²) in [7, 11) is 3.57. The van der Waals surface area contributed by atoms with Crippen molar-refractivity contribution in [2.45, 2.75) is 31.7 Å². The zero-order chi connectivity index (χ0) is 30.9. The second-order valence-corrected chi connectivity index (χ2v) is 10.8. The van der Waals surface area contributed by atoms with Gasteiger partial charge in [0.2, 0.25) is 11.8 Å². The number of carbonyl (C=O) groups excluding carboxylic acids is 3. The molecule has 10 nitrogen and oxygen atoms in total. The molecule has 4 rings (SSSR count). The molecule has 3 amide bonds. The molecule has 1 fully saturated rings. The molecule has 13 heteroatoms. The molecule has 230 valence electrons. The van der Waals surface area contributed by atoms with Crippen LogP contribution in [0.25, 0.3) is 11.3 Å². The van der Waals surface area contributed by atoms with Crippen LogP contribution < -0.4 is 5.32 Å². The van der Waals surface area contributed by atoms with E-state index in [1.807, 2.05) is 7.05 Å². The molecule has 2 heterocycles. The number of amides is 3. The number of carbonyl (C=O) groups is 3. The van der Waals surface area contributed by atoms with E-state index in [1.165, 1.54) is 41.3 Å². The van der Waals surface area contributed by atoms with E-state index in [1.54, 1.807) is 24.1 Å². The summed E-state index contributed by atoms with van der Waals surface area (Å²) in [5.74, 6) is -1.02. The van der Waals surface area contributed by atoms with Crippen LogP contribution in [0.2, 0.25) is 5.02 Å². The number of halogens is 3. The minimum absolute atomic E-state index is 0.0271. The van der Waals surface area contributed by atoms with Crippen molar-refractivity contribution in [3.63, 3.8) is 0 Å². The van der Waals surface area contributed by atoms with Crippen molar-refractivity contribution in [3.05, 3.63) is 70.8 Å². The molecule has 0 radical (unpaired) electrons. The average Bonchev–Trinajstić information content (AvgIpc) is 3.46. The third kappa shape index (κ3) is 8.98. The predicted octanol–water partition coefficient (Wildman–Crippen LogP) is 4.84. The van der Waals surface area contributed by atoms with Crippen LogP contribution in [-0.2, 0) is 20.7 Å². The Bertz CT molecular complexity index is 1430. The molecule has 1 aromatic heterocycles. The Hall–Kier alpha value is -4.03. The maximum absolute atomic E-state index is 13.8. The van der Waals surface area contributed by atoms with E-state index in [4.69, 9.17) is 20.9 Å². The number of ether oxygens (including phenoxy) is 1. The van der Waals surface area contributed by atoms with Gasteiger partial charge in [-0.15, -0.1) is 0 Å². The summed E-state index contributed by atoms with van der Waals surface area (Å²) in [6.07, 6.45) is -0.172. The van der Waals surface area contributed by atoms with Gasteiger partial charge in [-0.05, 0) is 43.7 Å². The quantitative estimate of drug-likeness (QED) is 0.328. The van der Waals surface area contributed by atoms with E-state index < -0.39 is 23.8 Å². The fourth-order valence-electron chi connectivity index (χ4n) is 4.68. The molecule has 1 aliphatic rings. The number of piperazine rings is 1. The lowest BCUT2D eigenvalue weighted by atomic mass is 10.1. The highest BCUT2D eigenvalue weighted by Gasteiger charge is 2.26. The van der Waals surface area contributed by atoms with Crippen LogP contribution in [0.3, 0.4) is 0 Å². The van der Waals surface area contributed by atoms with Crippen LogP contribution in [-0.4, -0.2) is 90.7 Å². The van der Waals surface area contributed by atoms with E-state index >= 15 is 0 Å². The Morgan fingerprint density at radius 2 is 1.84 bits per heavy atom. The van der Waals surface area contributed by atoms with Gasteiger partial charge in [0, 0.05) is 57.7 Å². The summed E-state index contributed by atoms with van der Waals surface area (Å²) in [6.45, 7) is 2.61. The minimum atomic E-state index is -0.845. The van der Waals surface area contributed by atoms with Crippen molar-refractivity contribution in [3.8, 4) is 11.3 Å². The normalized spacial score (nSPS) is 14.3. The summed E-state index contributed by atoms with van der Waals surface area (Å²) in [4.78, 5) is 44.0. The smallest absolute Gasteiger partial charge is 0.412 e. The van der Waals surface area contributed by atoms with Crippen LogP contribution in [0.5, 0.6) is 0 Å². The lowest BCUT2D eigenvalue weighted by Gasteiger charge is -2.33. The maximum atomic E-state index is 13.8. The first-order valence-corrected chi connectivity index (χ1v) is 14.3. The Morgan fingerprint density at radius 1 is 1.09 bits per heavy atom. The molecule has 0 spiro atoms. The monoisotopic (exact) mass is 617 g/mol. The topological polar surface area (TPSA) is 108 Å². The highest BCUT2D eigenvalue weighted by atomic mass is 35.5. The van der Waals surface area contributed by atoms with Gasteiger partial charge in [-0.3, -0.25) is 14.9 Å². The molecule has 2 aromatic carbocycles. The van der Waals surface area contributed by atoms with Gasteiger partial charge in [0.25, 0.3) is 0 Å². The lowest BCUT2D eigenvalue weighted by molar-refractivity contribution is -0.136. The number of rotatable bonds is 11. The molecule has 0 unspecified atom stereocenters. The maximum Gasteiger partial charge on any atom is 0.412 e. The zero-order valence-corrected chi connectivity index (χ0v) is 24.8. The average molecular weight is 618 g/mol. The van der Waals surface area contributed by atoms with E-state index in [0.717, 1.165) is 13.1 Å². The second kappa shape index (κ2) is 14.9. The minimum Gasteiger partial charge on any atom is -0.447 e. The number of aryl methyl sites for hydroxylation is 1.